The second-order valence-electron chi connectivity index (χ2n) is 8.22. The minimum absolute atomic E-state index is 0.0508. The number of fused-ring (bicyclic) bond motifs is 1. The molecule has 2 aliphatic rings. The molecule has 1 fully saturated rings. The van der Waals surface area contributed by atoms with E-state index in [-0.39, 0.29) is 24.0 Å². The Morgan fingerprint density at radius 2 is 1.87 bits per heavy atom. The van der Waals surface area contributed by atoms with Gasteiger partial charge in [-0.05, 0) is 49.9 Å². The molecule has 0 spiro atoms. The highest BCUT2D eigenvalue weighted by atomic mass is 35.5. The summed E-state index contributed by atoms with van der Waals surface area (Å²) in [5, 5.41) is 3.62. The van der Waals surface area contributed by atoms with Crippen molar-refractivity contribution in [2.45, 2.75) is 32.3 Å². The lowest BCUT2D eigenvalue weighted by molar-refractivity contribution is -0.126. The van der Waals surface area contributed by atoms with E-state index in [9.17, 15) is 9.59 Å². The lowest BCUT2D eigenvalue weighted by Crippen LogP contribution is -2.52. The zero-order valence-electron chi connectivity index (χ0n) is 17.7. The highest BCUT2D eigenvalue weighted by Gasteiger charge is 2.34. The number of hydrogen-bond donors (Lipinski definition) is 1. The number of rotatable bonds is 4. The van der Waals surface area contributed by atoms with Crippen LogP contribution in [0.5, 0.6) is 5.75 Å². The predicted molar refractivity (Wildman–Crippen MR) is 122 cm³/mol. The highest BCUT2D eigenvalue weighted by Crippen LogP contribution is 2.36. The number of carbonyl (C=O) groups excluding carboxylic acids is 2. The largest absolute Gasteiger partial charge is 0.487 e. The number of hydrogen-bond acceptors (Lipinski definition) is 3. The lowest BCUT2D eigenvalue weighted by Gasteiger charge is -2.39. The minimum atomic E-state index is -0.0921. The Labute approximate surface area is 188 Å². The van der Waals surface area contributed by atoms with Crippen molar-refractivity contribution in [2.24, 2.45) is 5.92 Å². The number of benzene rings is 2. The summed E-state index contributed by atoms with van der Waals surface area (Å²) in [5.41, 5.74) is 1.92. The van der Waals surface area contributed by atoms with Crippen LogP contribution in [0.15, 0.2) is 48.5 Å². The Kier molecular flexibility index (Phi) is 6.66. The molecule has 0 aromatic heterocycles. The number of likely N-dealkylation sites (tertiary alicyclic amines) is 1. The number of halogens is 1. The van der Waals surface area contributed by atoms with E-state index < -0.39 is 0 Å². The van der Waals surface area contributed by atoms with E-state index in [1.807, 2.05) is 30.0 Å². The van der Waals surface area contributed by atoms with Crippen molar-refractivity contribution in [1.29, 1.82) is 0 Å². The van der Waals surface area contributed by atoms with E-state index in [1.54, 1.807) is 23.1 Å². The summed E-state index contributed by atoms with van der Waals surface area (Å²) in [6.07, 6.45) is 2.07. The van der Waals surface area contributed by atoms with Gasteiger partial charge in [0.1, 0.15) is 11.9 Å². The van der Waals surface area contributed by atoms with Crippen LogP contribution in [0.4, 0.5) is 10.5 Å². The Hall–Kier alpha value is -2.73. The van der Waals surface area contributed by atoms with Crippen LogP contribution in [0.3, 0.4) is 0 Å². The number of amides is 3. The molecule has 0 unspecified atom stereocenters. The fourth-order valence-electron chi connectivity index (χ4n) is 4.21. The summed E-state index contributed by atoms with van der Waals surface area (Å²) in [4.78, 5) is 29.4. The molecule has 2 aliphatic heterocycles. The van der Waals surface area contributed by atoms with E-state index >= 15 is 0 Å². The highest BCUT2D eigenvalue weighted by molar-refractivity contribution is 6.31. The average Bonchev–Trinajstić information content (AvgIpc) is 2.79. The zero-order valence-corrected chi connectivity index (χ0v) is 18.5. The van der Waals surface area contributed by atoms with Crippen LogP contribution in [0, 0.1) is 5.92 Å². The number of piperidine rings is 1. The summed E-state index contributed by atoms with van der Waals surface area (Å²) in [6.45, 7) is 4.19. The molecule has 1 N–H and O–H groups in total. The van der Waals surface area contributed by atoms with Gasteiger partial charge in [-0.15, -0.1) is 0 Å². The topological polar surface area (TPSA) is 61.9 Å². The van der Waals surface area contributed by atoms with E-state index in [1.165, 1.54) is 5.56 Å². The Morgan fingerprint density at radius 3 is 2.61 bits per heavy atom. The molecule has 2 aromatic carbocycles. The van der Waals surface area contributed by atoms with E-state index in [0.717, 1.165) is 6.42 Å². The Balaban J connectivity index is 1.30. The maximum atomic E-state index is 13.2. The number of urea groups is 1. The van der Waals surface area contributed by atoms with Gasteiger partial charge in [0.15, 0.2) is 0 Å². The second kappa shape index (κ2) is 9.60. The molecule has 2 aromatic rings. The fourth-order valence-corrected chi connectivity index (χ4v) is 4.38. The molecule has 31 heavy (non-hydrogen) atoms. The molecule has 4 rings (SSSR count). The normalized spacial score (nSPS) is 18.8. The first-order valence-corrected chi connectivity index (χ1v) is 11.2. The van der Waals surface area contributed by atoms with Gasteiger partial charge in [0.05, 0.1) is 12.2 Å². The van der Waals surface area contributed by atoms with E-state index in [2.05, 4.69) is 17.4 Å². The molecule has 1 saturated heterocycles. The first-order valence-electron chi connectivity index (χ1n) is 10.9. The van der Waals surface area contributed by atoms with Crippen LogP contribution in [0.1, 0.15) is 25.3 Å². The van der Waals surface area contributed by atoms with Crippen molar-refractivity contribution in [3.8, 4) is 5.75 Å². The number of carbonyl (C=O) groups is 2. The van der Waals surface area contributed by atoms with Gasteiger partial charge in [-0.3, -0.25) is 9.69 Å². The van der Waals surface area contributed by atoms with Crippen LogP contribution < -0.4 is 15.0 Å². The molecule has 1 atom stereocenters. The minimum Gasteiger partial charge on any atom is -0.487 e. The van der Waals surface area contributed by atoms with Crippen LogP contribution in [0.2, 0.25) is 5.02 Å². The summed E-state index contributed by atoms with van der Waals surface area (Å²) in [6, 6.07) is 15.4. The first kappa shape index (κ1) is 21.5. The third-order valence-corrected chi connectivity index (χ3v) is 6.14. The van der Waals surface area contributed by atoms with Gasteiger partial charge >= 0.3 is 6.03 Å². The van der Waals surface area contributed by atoms with E-state index in [4.69, 9.17) is 16.3 Å². The summed E-state index contributed by atoms with van der Waals surface area (Å²) >= 11 is 6.15. The number of nitrogens with one attached hydrogen (secondary N) is 1. The molecule has 6 nitrogen and oxygen atoms in total. The molecule has 0 bridgehead atoms. The lowest BCUT2D eigenvalue weighted by atomic mass is 9.96. The summed E-state index contributed by atoms with van der Waals surface area (Å²) in [7, 11) is 0. The SMILES string of the molecule is C[C@H]1CN(C(=O)N2CCC(C(=O)NCCc3ccccc3)CC2)c2cc(Cl)ccc2O1. The number of anilines is 1. The van der Waals surface area contributed by atoms with Crippen molar-refractivity contribution in [2.75, 3.05) is 31.1 Å². The van der Waals surface area contributed by atoms with Crippen molar-refractivity contribution in [3.63, 3.8) is 0 Å². The van der Waals surface area contributed by atoms with Crippen LogP contribution >= 0.6 is 11.6 Å². The average molecular weight is 442 g/mol. The van der Waals surface area contributed by atoms with Crippen molar-refractivity contribution >= 4 is 29.2 Å². The van der Waals surface area contributed by atoms with Gasteiger partial charge < -0.3 is 15.0 Å². The van der Waals surface area contributed by atoms with Crippen LogP contribution in [0.25, 0.3) is 0 Å². The Morgan fingerprint density at radius 1 is 1.13 bits per heavy atom. The third kappa shape index (κ3) is 5.13. The van der Waals surface area contributed by atoms with Gasteiger partial charge in [0.25, 0.3) is 0 Å². The second-order valence-corrected chi connectivity index (χ2v) is 8.66. The monoisotopic (exact) mass is 441 g/mol. The van der Waals surface area contributed by atoms with Crippen molar-refractivity contribution in [3.05, 3.63) is 59.1 Å². The molecule has 3 amide bonds. The first-order chi connectivity index (χ1) is 15.0. The summed E-state index contributed by atoms with van der Waals surface area (Å²) in [5.74, 6) is 0.703. The maximum absolute atomic E-state index is 13.2. The van der Waals surface area contributed by atoms with Crippen molar-refractivity contribution < 1.29 is 14.3 Å². The molecule has 164 valence electrons. The fraction of sp³-hybridized carbons (Fsp3) is 0.417. The smallest absolute Gasteiger partial charge is 0.324 e. The van der Waals surface area contributed by atoms with Gasteiger partial charge in [-0.25, -0.2) is 4.79 Å². The third-order valence-electron chi connectivity index (χ3n) is 5.90. The quantitative estimate of drug-likeness (QED) is 0.776. The van der Waals surface area contributed by atoms with Crippen LogP contribution in [-0.2, 0) is 11.2 Å². The predicted octanol–water partition coefficient (Wildman–Crippen LogP) is 4.12. The van der Waals surface area contributed by atoms with Gasteiger partial charge in [0, 0.05) is 30.6 Å². The molecule has 7 heteroatoms. The molecule has 2 heterocycles. The van der Waals surface area contributed by atoms with Gasteiger partial charge in [0.2, 0.25) is 5.91 Å². The van der Waals surface area contributed by atoms with E-state index in [0.29, 0.717) is 55.5 Å². The number of nitrogens with zero attached hydrogens (tertiary/aromatic N) is 2. The molecule has 0 aliphatic carbocycles. The Bertz CT molecular complexity index is 929. The molecule has 0 saturated carbocycles. The van der Waals surface area contributed by atoms with Crippen LogP contribution in [-0.4, -0.2) is 49.1 Å². The van der Waals surface area contributed by atoms with Crippen molar-refractivity contribution in [1.82, 2.24) is 10.2 Å². The van der Waals surface area contributed by atoms with Gasteiger partial charge in [-0.2, -0.15) is 0 Å². The number of ether oxygens (including phenoxy) is 1. The molecular formula is C24H28ClN3O3. The molecule has 0 radical (unpaired) electrons. The maximum Gasteiger partial charge on any atom is 0.324 e. The summed E-state index contributed by atoms with van der Waals surface area (Å²) < 4.78 is 5.85. The zero-order chi connectivity index (χ0) is 21.8. The standard InChI is InChI=1S/C24H28ClN3O3/c1-17-16-28(21-15-20(25)7-8-22(21)31-17)24(30)27-13-10-19(11-14-27)23(29)26-12-9-18-5-3-2-4-6-18/h2-8,15,17,19H,9-14,16H2,1H3,(H,26,29)/t17-/m0/s1. The molecular weight excluding hydrogens is 414 g/mol. The van der Waals surface area contributed by atoms with Gasteiger partial charge in [-0.1, -0.05) is 41.9 Å².